The summed E-state index contributed by atoms with van der Waals surface area (Å²) in [6.45, 7) is 2.50. The Kier molecular flexibility index (Phi) is 3.77. The van der Waals surface area contributed by atoms with Crippen molar-refractivity contribution in [3.63, 3.8) is 0 Å². The molecule has 2 fully saturated rings. The Balaban J connectivity index is 1.86. The number of halogens is 2. The van der Waals surface area contributed by atoms with Gasteiger partial charge in [-0.1, -0.05) is 19.1 Å². The highest BCUT2D eigenvalue weighted by molar-refractivity contribution is 6.01. The van der Waals surface area contributed by atoms with Crippen molar-refractivity contribution in [2.75, 3.05) is 6.61 Å². The summed E-state index contributed by atoms with van der Waals surface area (Å²) in [6, 6.07) is 0. The molecule has 2 saturated carbocycles. The van der Waals surface area contributed by atoms with E-state index in [0.717, 1.165) is 0 Å². The van der Waals surface area contributed by atoms with Gasteiger partial charge in [0.2, 0.25) is 0 Å². The van der Waals surface area contributed by atoms with Gasteiger partial charge >= 0.3 is 0 Å². The van der Waals surface area contributed by atoms with Crippen LogP contribution in [-0.4, -0.2) is 45.8 Å². The molecule has 0 aliphatic heterocycles. The highest BCUT2D eigenvalue weighted by atomic mass is 19.1. The van der Waals surface area contributed by atoms with Gasteiger partial charge in [-0.25, -0.2) is 8.78 Å². The lowest BCUT2D eigenvalue weighted by Crippen LogP contribution is -2.62. The molecule has 4 rings (SSSR count). The zero-order chi connectivity index (χ0) is 19.8. The summed E-state index contributed by atoms with van der Waals surface area (Å²) in [5, 5.41) is 20.3. The van der Waals surface area contributed by atoms with Crippen molar-refractivity contribution in [1.82, 2.24) is 0 Å². The SMILES string of the molecule is C[C@]12C=C[C@@]3(F)C(C[C@H](F)C4=CC(=O)C=C[C@@]43C)C1CCC2(O)C(=O)CO. The molecule has 3 unspecified atom stereocenters. The van der Waals surface area contributed by atoms with E-state index in [1.807, 2.05) is 0 Å². The first-order valence-electron chi connectivity index (χ1n) is 9.39. The fraction of sp³-hybridized carbons (Fsp3) is 0.619. The molecule has 0 bridgehead atoms. The molecular formula is C21H24F2O4. The fourth-order valence-corrected chi connectivity index (χ4v) is 6.11. The Morgan fingerprint density at radius 1 is 1.26 bits per heavy atom. The second-order valence-electron chi connectivity index (χ2n) is 8.82. The Morgan fingerprint density at radius 2 is 1.96 bits per heavy atom. The second-order valence-corrected chi connectivity index (χ2v) is 8.82. The third kappa shape index (κ3) is 2.03. The lowest BCUT2D eigenvalue weighted by Gasteiger charge is -2.58. The first kappa shape index (κ1) is 18.7. The molecule has 0 aromatic heterocycles. The highest BCUT2D eigenvalue weighted by Gasteiger charge is 2.70. The fourth-order valence-electron chi connectivity index (χ4n) is 6.11. The van der Waals surface area contributed by atoms with E-state index in [1.165, 1.54) is 24.3 Å². The van der Waals surface area contributed by atoms with Crippen molar-refractivity contribution >= 4 is 11.6 Å². The van der Waals surface area contributed by atoms with Crippen LogP contribution in [0.25, 0.3) is 0 Å². The first-order chi connectivity index (χ1) is 12.5. The van der Waals surface area contributed by atoms with Gasteiger partial charge in [-0.05, 0) is 55.9 Å². The van der Waals surface area contributed by atoms with Crippen molar-refractivity contribution in [3.8, 4) is 0 Å². The van der Waals surface area contributed by atoms with Gasteiger partial charge in [-0.3, -0.25) is 9.59 Å². The quantitative estimate of drug-likeness (QED) is 0.724. The van der Waals surface area contributed by atoms with Crippen LogP contribution in [0.2, 0.25) is 0 Å². The molecule has 4 aliphatic carbocycles. The number of hydrogen-bond acceptors (Lipinski definition) is 4. The van der Waals surface area contributed by atoms with Crippen molar-refractivity contribution in [2.45, 2.75) is 50.6 Å². The first-order valence-corrected chi connectivity index (χ1v) is 9.39. The van der Waals surface area contributed by atoms with Gasteiger partial charge in [0.05, 0.1) is 0 Å². The van der Waals surface area contributed by atoms with Crippen molar-refractivity contribution in [3.05, 3.63) is 36.0 Å². The number of hydrogen-bond donors (Lipinski definition) is 2. The van der Waals surface area contributed by atoms with E-state index in [9.17, 15) is 19.8 Å². The molecule has 0 radical (unpaired) electrons. The summed E-state index contributed by atoms with van der Waals surface area (Å²) < 4.78 is 31.6. The van der Waals surface area contributed by atoms with Crippen LogP contribution in [0.1, 0.15) is 33.1 Å². The van der Waals surface area contributed by atoms with E-state index in [2.05, 4.69) is 0 Å². The van der Waals surface area contributed by atoms with Gasteiger partial charge in [0.1, 0.15) is 24.0 Å². The van der Waals surface area contributed by atoms with Crippen LogP contribution in [0.4, 0.5) is 8.78 Å². The van der Waals surface area contributed by atoms with Gasteiger partial charge in [0.15, 0.2) is 11.6 Å². The van der Waals surface area contributed by atoms with Crippen LogP contribution in [0.15, 0.2) is 36.0 Å². The predicted molar refractivity (Wildman–Crippen MR) is 94.2 cm³/mol. The van der Waals surface area contributed by atoms with Gasteiger partial charge < -0.3 is 10.2 Å². The number of fused-ring (bicyclic) bond motifs is 5. The van der Waals surface area contributed by atoms with Crippen molar-refractivity contribution in [2.24, 2.45) is 22.7 Å². The Labute approximate surface area is 156 Å². The number of aliphatic hydroxyl groups excluding tert-OH is 1. The number of carbonyl (C=O) groups excluding carboxylic acids is 2. The summed E-state index contributed by atoms with van der Waals surface area (Å²) >= 11 is 0. The third-order valence-corrected chi connectivity index (χ3v) is 7.85. The van der Waals surface area contributed by atoms with Crippen molar-refractivity contribution in [1.29, 1.82) is 0 Å². The van der Waals surface area contributed by atoms with E-state index in [0.29, 0.717) is 6.42 Å². The maximum absolute atomic E-state index is 16.5. The Morgan fingerprint density at radius 3 is 2.63 bits per heavy atom. The Bertz CT molecular complexity index is 817. The number of carbonyl (C=O) groups is 2. The number of Topliss-reactive ketones (excluding diaryl/α,β-unsaturated/α-hetero) is 1. The van der Waals surface area contributed by atoms with Crippen LogP contribution < -0.4 is 0 Å². The van der Waals surface area contributed by atoms with Crippen LogP contribution in [-0.2, 0) is 9.59 Å². The molecular weight excluding hydrogens is 354 g/mol. The average molecular weight is 378 g/mol. The average Bonchev–Trinajstić information content (AvgIpc) is 2.91. The van der Waals surface area contributed by atoms with Gasteiger partial charge in [-0.15, -0.1) is 0 Å². The summed E-state index contributed by atoms with van der Waals surface area (Å²) in [5.74, 6) is -2.23. The number of allylic oxidation sites excluding steroid dienone is 5. The minimum atomic E-state index is -1.92. The molecule has 4 nitrogen and oxygen atoms in total. The lowest BCUT2D eigenvalue weighted by atomic mass is 9.48. The van der Waals surface area contributed by atoms with E-state index < -0.39 is 52.5 Å². The maximum Gasteiger partial charge on any atom is 0.190 e. The summed E-state index contributed by atoms with van der Waals surface area (Å²) in [4.78, 5) is 24.0. The second kappa shape index (κ2) is 5.45. The van der Waals surface area contributed by atoms with Gasteiger partial charge in [-0.2, -0.15) is 0 Å². The molecule has 0 aromatic carbocycles. The molecule has 6 heteroatoms. The smallest absolute Gasteiger partial charge is 0.190 e. The number of alkyl halides is 2. The third-order valence-electron chi connectivity index (χ3n) is 7.85. The monoisotopic (exact) mass is 378 g/mol. The molecule has 4 aliphatic rings. The lowest BCUT2D eigenvalue weighted by molar-refractivity contribution is -0.155. The molecule has 2 N–H and O–H groups in total. The summed E-state index contributed by atoms with van der Waals surface area (Å²) in [6.07, 6.45) is 5.74. The molecule has 0 spiro atoms. The molecule has 0 saturated heterocycles. The largest absolute Gasteiger partial charge is 0.388 e. The molecule has 27 heavy (non-hydrogen) atoms. The minimum absolute atomic E-state index is 0.104. The molecule has 7 atom stereocenters. The maximum atomic E-state index is 16.5. The topological polar surface area (TPSA) is 74.6 Å². The van der Waals surface area contributed by atoms with E-state index in [1.54, 1.807) is 19.9 Å². The predicted octanol–water partition coefficient (Wildman–Crippen LogP) is 2.40. The standard InChI is InChI=1S/C21H24F2O4/c1-18-5-3-12(25)9-15(18)16(22)10-14-13-4-6-21(27,17(26)11-24)19(13,2)7-8-20(14,18)23/h3,5,7-9,13-14,16,24,27H,4,6,10-11H2,1-2H3/t13?,14?,16-,18-,19-,20+,21?/m0/s1. The molecule has 0 aromatic rings. The molecule has 0 amide bonds. The van der Waals surface area contributed by atoms with E-state index >= 15 is 8.78 Å². The summed E-state index contributed by atoms with van der Waals surface area (Å²) in [5.41, 5.74) is -5.91. The van der Waals surface area contributed by atoms with Crippen LogP contribution in [0.3, 0.4) is 0 Å². The van der Waals surface area contributed by atoms with E-state index in [-0.39, 0.29) is 24.2 Å². The van der Waals surface area contributed by atoms with E-state index in [4.69, 9.17) is 0 Å². The highest BCUT2D eigenvalue weighted by Crippen LogP contribution is 2.67. The number of rotatable bonds is 2. The zero-order valence-corrected chi connectivity index (χ0v) is 15.4. The number of aliphatic hydroxyl groups is 2. The normalized spacial score (nSPS) is 50.7. The minimum Gasteiger partial charge on any atom is -0.388 e. The summed E-state index contributed by atoms with van der Waals surface area (Å²) in [7, 11) is 0. The van der Waals surface area contributed by atoms with Crippen LogP contribution in [0, 0.1) is 22.7 Å². The zero-order valence-electron chi connectivity index (χ0n) is 15.4. The van der Waals surface area contributed by atoms with Crippen LogP contribution in [0.5, 0.6) is 0 Å². The Hall–Kier alpha value is -1.66. The molecule has 0 heterocycles. The van der Waals surface area contributed by atoms with Gasteiger partial charge in [0, 0.05) is 16.7 Å². The van der Waals surface area contributed by atoms with Gasteiger partial charge in [0.25, 0.3) is 0 Å². The molecule has 146 valence electrons. The number of ketones is 2. The van der Waals surface area contributed by atoms with Crippen molar-refractivity contribution < 1.29 is 28.6 Å². The van der Waals surface area contributed by atoms with Crippen LogP contribution >= 0.6 is 0 Å².